The van der Waals surface area contributed by atoms with Crippen LogP contribution in [0.15, 0.2) is 0 Å². The smallest absolute Gasteiger partial charge is 0.219 e. The van der Waals surface area contributed by atoms with E-state index in [0.29, 0.717) is 6.42 Å². The summed E-state index contributed by atoms with van der Waals surface area (Å²) in [7, 11) is 0. The van der Waals surface area contributed by atoms with Gasteiger partial charge in [-0.15, -0.1) is 0 Å². The van der Waals surface area contributed by atoms with Gasteiger partial charge in [0.1, 0.15) is 24.4 Å². The Labute approximate surface area is 182 Å². The Balaban J connectivity index is 2.27. The normalized spacial score (nSPS) is 41.7. The first-order valence-electron chi connectivity index (χ1n) is 10.5. The molecule has 0 aromatic carbocycles. The molecule has 31 heavy (non-hydrogen) atoms. The van der Waals surface area contributed by atoms with E-state index in [4.69, 9.17) is 18.9 Å². The third-order valence-electron chi connectivity index (χ3n) is 5.43. The van der Waals surface area contributed by atoms with Crippen LogP contribution >= 0.6 is 0 Å². The first-order chi connectivity index (χ1) is 14.3. The van der Waals surface area contributed by atoms with E-state index in [2.05, 4.69) is 5.32 Å². The number of ether oxygens (including phenoxy) is 4. The maximum absolute atomic E-state index is 11.9. The minimum Gasteiger partial charge on any atom is -0.394 e. The van der Waals surface area contributed by atoms with Gasteiger partial charge in [0.25, 0.3) is 0 Å². The largest absolute Gasteiger partial charge is 0.394 e. The lowest BCUT2D eigenvalue weighted by Crippen LogP contribution is -2.75. The molecule has 0 aromatic heterocycles. The molecule has 2 aliphatic rings. The minimum atomic E-state index is -2.32. The Kier molecular flexibility index (Phi) is 8.81. The molecule has 1 amide bonds. The molecule has 182 valence electrons. The van der Waals surface area contributed by atoms with Crippen LogP contribution in [0.1, 0.15) is 47.5 Å². The molecule has 0 bridgehead atoms. The van der Waals surface area contributed by atoms with Crippen LogP contribution < -0.4 is 5.32 Å². The highest BCUT2D eigenvalue weighted by Gasteiger charge is 2.58. The topological polar surface area (TPSA) is 167 Å². The quantitative estimate of drug-likeness (QED) is 0.253. The van der Waals surface area contributed by atoms with Gasteiger partial charge in [0.05, 0.1) is 25.4 Å². The molecule has 6 N–H and O–H groups in total. The maximum atomic E-state index is 11.9. The van der Waals surface area contributed by atoms with Gasteiger partial charge in [-0.25, -0.2) is 0 Å². The van der Waals surface area contributed by atoms with Crippen molar-refractivity contribution in [3.05, 3.63) is 0 Å². The van der Waals surface area contributed by atoms with Crippen LogP contribution in [0.2, 0.25) is 0 Å². The zero-order chi connectivity index (χ0) is 23.6. The molecule has 0 saturated carbocycles. The standard InChI is InChI=1S/C20H37NO10/c1-10-15(25)12(24)8-14(29-10)31-17-16(26)13(9-22)30-18(20(17,27)21-11(2)23)28-7-6-19(3,4)5/h10,12-18,22,24-27H,6-9H2,1-5H3,(H,21,23)/t10-,12-,13+,14-,15+,16+,17-,18+,20+/m0/s1. The van der Waals surface area contributed by atoms with E-state index in [1.165, 1.54) is 6.92 Å². The summed E-state index contributed by atoms with van der Waals surface area (Å²) in [4.78, 5) is 11.9. The molecule has 2 saturated heterocycles. The van der Waals surface area contributed by atoms with E-state index in [9.17, 15) is 30.3 Å². The number of amides is 1. The number of carbonyl (C=O) groups is 1. The van der Waals surface area contributed by atoms with E-state index in [1.807, 2.05) is 20.8 Å². The Bertz CT molecular complexity index is 587. The Hall–Kier alpha value is -0.890. The highest BCUT2D eigenvalue weighted by Crippen LogP contribution is 2.34. The van der Waals surface area contributed by atoms with Crippen LogP contribution in [0.25, 0.3) is 0 Å². The number of aliphatic hydroxyl groups is 5. The van der Waals surface area contributed by atoms with E-state index >= 15 is 0 Å². The van der Waals surface area contributed by atoms with E-state index in [0.717, 1.165) is 0 Å². The van der Waals surface area contributed by atoms with Gasteiger partial charge in [-0.2, -0.15) is 0 Å². The molecule has 0 spiro atoms. The van der Waals surface area contributed by atoms with Gasteiger partial charge in [0.15, 0.2) is 6.29 Å². The maximum Gasteiger partial charge on any atom is 0.219 e. The summed E-state index contributed by atoms with van der Waals surface area (Å²) < 4.78 is 22.6. The van der Waals surface area contributed by atoms with E-state index < -0.39 is 67.4 Å². The van der Waals surface area contributed by atoms with Gasteiger partial charge < -0.3 is 49.8 Å². The summed E-state index contributed by atoms with van der Waals surface area (Å²) in [6.45, 7) is 8.30. The van der Waals surface area contributed by atoms with Crippen molar-refractivity contribution in [3.63, 3.8) is 0 Å². The highest BCUT2D eigenvalue weighted by molar-refractivity contribution is 5.73. The fraction of sp³-hybridized carbons (Fsp3) is 0.950. The number of aliphatic hydroxyl groups excluding tert-OH is 4. The van der Waals surface area contributed by atoms with Crippen LogP contribution in [-0.4, -0.2) is 99.6 Å². The molecule has 2 fully saturated rings. The lowest BCUT2D eigenvalue weighted by molar-refractivity contribution is -0.378. The third-order valence-corrected chi connectivity index (χ3v) is 5.43. The first kappa shape index (κ1) is 26.4. The van der Waals surface area contributed by atoms with Crippen LogP contribution in [-0.2, 0) is 23.7 Å². The number of hydrogen-bond donors (Lipinski definition) is 6. The van der Waals surface area contributed by atoms with Gasteiger partial charge in [-0.3, -0.25) is 4.79 Å². The Morgan fingerprint density at radius 1 is 1.19 bits per heavy atom. The van der Waals surface area contributed by atoms with Crippen molar-refractivity contribution in [2.45, 2.75) is 102 Å². The fourth-order valence-electron chi connectivity index (χ4n) is 3.59. The molecule has 0 aromatic rings. The van der Waals surface area contributed by atoms with Crippen LogP contribution in [0, 0.1) is 5.41 Å². The molecule has 11 heteroatoms. The molecular formula is C20H37NO10. The number of carbonyl (C=O) groups excluding carboxylic acids is 1. The molecule has 11 nitrogen and oxygen atoms in total. The van der Waals surface area contributed by atoms with Crippen LogP contribution in [0.5, 0.6) is 0 Å². The van der Waals surface area contributed by atoms with Crippen LogP contribution in [0.4, 0.5) is 0 Å². The summed E-state index contributed by atoms with van der Waals surface area (Å²) in [5, 5.41) is 54.0. The van der Waals surface area contributed by atoms with E-state index in [-0.39, 0.29) is 18.4 Å². The molecule has 2 rings (SSSR count). The predicted molar refractivity (Wildman–Crippen MR) is 106 cm³/mol. The first-order valence-corrected chi connectivity index (χ1v) is 10.5. The van der Waals surface area contributed by atoms with Gasteiger partial charge in [-0.1, -0.05) is 20.8 Å². The Morgan fingerprint density at radius 2 is 1.84 bits per heavy atom. The summed E-state index contributed by atoms with van der Waals surface area (Å²) in [6.07, 6.45) is -9.39. The molecule has 0 radical (unpaired) electrons. The van der Waals surface area contributed by atoms with Gasteiger partial charge in [0, 0.05) is 13.3 Å². The lowest BCUT2D eigenvalue weighted by Gasteiger charge is -2.50. The molecule has 9 atom stereocenters. The number of nitrogens with one attached hydrogen (secondary N) is 1. The average molecular weight is 452 g/mol. The van der Waals surface area contributed by atoms with Crippen molar-refractivity contribution in [1.29, 1.82) is 0 Å². The van der Waals surface area contributed by atoms with E-state index in [1.54, 1.807) is 6.92 Å². The number of hydrogen-bond acceptors (Lipinski definition) is 10. The monoisotopic (exact) mass is 451 g/mol. The zero-order valence-electron chi connectivity index (χ0n) is 18.7. The van der Waals surface area contributed by atoms with Crippen molar-refractivity contribution < 1.29 is 49.3 Å². The van der Waals surface area contributed by atoms with Crippen LogP contribution in [0.3, 0.4) is 0 Å². The zero-order valence-corrected chi connectivity index (χ0v) is 18.7. The number of rotatable bonds is 7. The van der Waals surface area contributed by atoms with Gasteiger partial charge >= 0.3 is 0 Å². The molecule has 0 aliphatic carbocycles. The second kappa shape index (κ2) is 10.4. The molecule has 2 heterocycles. The summed E-state index contributed by atoms with van der Waals surface area (Å²) >= 11 is 0. The third kappa shape index (κ3) is 6.56. The predicted octanol–water partition coefficient (Wildman–Crippen LogP) is -1.42. The summed E-state index contributed by atoms with van der Waals surface area (Å²) in [5.74, 6) is -0.632. The fourth-order valence-corrected chi connectivity index (χ4v) is 3.59. The SMILES string of the molecule is CC(=O)N[C@]1(O)[C@H](OCCC(C)(C)C)O[C@H](CO)[C@@H](O)[C@@H]1O[C@H]1C[C@H](O)[C@H](O)[C@H](C)O1. The van der Waals surface area contributed by atoms with Crippen molar-refractivity contribution in [1.82, 2.24) is 5.32 Å². The van der Waals surface area contributed by atoms with Gasteiger partial charge in [-0.05, 0) is 18.8 Å². The second-order valence-electron chi connectivity index (χ2n) is 9.49. The van der Waals surface area contributed by atoms with Crippen molar-refractivity contribution in [2.75, 3.05) is 13.2 Å². The van der Waals surface area contributed by atoms with Crippen molar-refractivity contribution >= 4 is 5.91 Å². The second-order valence-corrected chi connectivity index (χ2v) is 9.49. The summed E-state index contributed by atoms with van der Waals surface area (Å²) in [5.41, 5.74) is -2.39. The molecule has 2 aliphatic heterocycles. The van der Waals surface area contributed by atoms with Crippen molar-refractivity contribution in [3.8, 4) is 0 Å². The Morgan fingerprint density at radius 3 is 2.35 bits per heavy atom. The highest BCUT2D eigenvalue weighted by atomic mass is 16.7. The van der Waals surface area contributed by atoms with Gasteiger partial charge in [0.2, 0.25) is 17.9 Å². The lowest BCUT2D eigenvalue weighted by atomic mass is 9.91. The molecule has 0 unspecified atom stereocenters. The molecular weight excluding hydrogens is 414 g/mol. The minimum absolute atomic E-state index is 0.0738. The summed E-state index contributed by atoms with van der Waals surface area (Å²) in [6, 6.07) is 0. The van der Waals surface area contributed by atoms with Crippen molar-refractivity contribution in [2.24, 2.45) is 5.41 Å². The average Bonchev–Trinajstić information content (AvgIpc) is 2.63.